The van der Waals surface area contributed by atoms with Crippen molar-refractivity contribution in [1.82, 2.24) is 4.98 Å². The van der Waals surface area contributed by atoms with Crippen LogP contribution in [-0.4, -0.2) is 22.1 Å². The normalized spacial score (nSPS) is 23.6. The molecule has 1 aliphatic carbocycles. The average Bonchev–Trinajstić information content (AvgIpc) is 2.17. The molecule has 0 amide bonds. The third-order valence-corrected chi connectivity index (χ3v) is 2.58. The molecule has 2 N–H and O–H groups in total. The molecule has 1 aliphatic rings. The van der Waals surface area contributed by atoms with Gasteiger partial charge in [0.05, 0.1) is 4.92 Å². The average molecular weight is 223 g/mol. The van der Waals surface area contributed by atoms with Crippen molar-refractivity contribution >= 4 is 5.69 Å². The van der Waals surface area contributed by atoms with E-state index in [9.17, 15) is 10.1 Å². The highest BCUT2D eigenvalue weighted by atomic mass is 16.6. The number of aromatic nitrogens is 1. The van der Waals surface area contributed by atoms with E-state index in [4.69, 9.17) is 10.5 Å². The van der Waals surface area contributed by atoms with E-state index in [1.54, 1.807) is 13.1 Å². The van der Waals surface area contributed by atoms with Gasteiger partial charge >= 0.3 is 5.69 Å². The smallest absolute Gasteiger partial charge is 0.331 e. The lowest BCUT2D eigenvalue weighted by molar-refractivity contribution is -0.386. The minimum absolute atomic E-state index is 0.0380. The van der Waals surface area contributed by atoms with Gasteiger partial charge in [-0.25, -0.2) is 4.98 Å². The van der Waals surface area contributed by atoms with E-state index < -0.39 is 4.92 Å². The van der Waals surface area contributed by atoms with Crippen LogP contribution >= 0.6 is 0 Å². The zero-order chi connectivity index (χ0) is 11.7. The van der Waals surface area contributed by atoms with E-state index in [1.165, 1.54) is 6.07 Å². The van der Waals surface area contributed by atoms with Crippen molar-refractivity contribution in [2.24, 2.45) is 5.73 Å². The van der Waals surface area contributed by atoms with Crippen LogP contribution in [0.3, 0.4) is 0 Å². The van der Waals surface area contributed by atoms with E-state index in [2.05, 4.69) is 4.98 Å². The molecule has 0 unspecified atom stereocenters. The summed E-state index contributed by atoms with van der Waals surface area (Å²) in [4.78, 5) is 14.3. The second-order valence-electron chi connectivity index (χ2n) is 4.07. The summed E-state index contributed by atoms with van der Waals surface area (Å²) in [5.41, 5.74) is 6.27. The molecule has 0 radical (unpaired) electrons. The first-order chi connectivity index (χ1) is 7.56. The van der Waals surface area contributed by atoms with Crippen LogP contribution in [0.15, 0.2) is 12.3 Å². The van der Waals surface area contributed by atoms with Crippen molar-refractivity contribution in [3.8, 4) is 5.88 Å². The molecule has 1 saturated carbocycles. The van der Waals surface area contributed by atoms with E-state index >= 15 is 0 Å². The predicted octanol–water partition coefficient (Wildman–Crippen LogP) is 1.17. The first-order valence-corrected chi connectivity index (χ1v) is 5.09. The summed E-state index contributed by atoms with van der Waals surface area (Å²) in [5.74, 6) is 0.0903. The molecule has 1 aromatic rings. The molecule has 2 rings (SSSR count). The molecule has 16 heavy (non-hydrogen) atoms. The van der Waals surface area contributed by atoms with Crippen molar-refractivity contribution in [1.29, 1.82) is 0 Å². The molecule has 1 heterocycles. The molecular formula is C10H13N3O3. The molecule has 0 atom stereocenters. The van der Waals surface area contributed by atoms with Crippen molar-refractivity contribution in [2.45, 2.75) is 31.9 Å². The Labute approximate surface area is 92.6 Å². The minimum atomic E-state index is -0.478. The third kappa shape index (κ3) is 2.11. The highest BCUT2D eigenvalue weighted by Crippen LogP contribution is 2.30. The van der Waals surface area contributed by atoms with Crippen LogP contribution in [0, 0.1) is 17.0 Å². The predicted molar refractivity (Wildman–Crippen MR) is 57.3 cm³/mol. The zero-order valence-corrected chi connectivity index (χ0v) is 8.92. The monoisotopic (exact) mass is 223 g/mol. The summed E-state index contributed by atoms with van der Waals surface area (Å²) in [6, 6.07) is 1.61. The van der Waals surface area contributed by atoms with Gasteiger partial charge in [-0.1, -0.05) is 0 Å². The number of rotatable bonds is 3. The number of hydrogen-bond acceptors (Lipinski definition) is 5. The molecule has 1 aromatic heterocycles. The standard InChI is InChI=1S/C10H13N3O3/c1-6-2-9(13(14)15)10(12-5-6)16-8-3-7(11)4-8/h2,5,7-8H,3-4,11H2,1H3. The number of hydrogen-bond donors (Lipinski definition) is 1. The van der Waals surface area contributed by atoms with E-state index in [0.29, 0.717) is 0 Å². The van der Waals surface area contributed by atoms with E-state index in [0.717, 1.165) is 18.4 Å². The van der Waals surface area contributed by atoms with E-state index in [-0.39, 0.29) is 23.7 Å². The van der Waals surface area contributed by atoms with Crippen molar-refractivity contribution in [3.63, 3.8) is 0 Å². The van der Waals surface area contributed by atoms with Gasteiger partial charge < -0.3 is 10.5 Å². The Balaban J connectivity index is 2.16. The van der Waals surface area contributed by atoms with Gasteiger partial charge in [-0.3, -0.25) is 10.1 Å². The first-order valence-electron chi connectivity index (χ1n) is 5.09. The van der Waals surface area contributed by atoms with Crippen LogP contribution in [0.4, 0.5) is 5.69 Å². The summed E-state index contributed by atoms with van der Waals surface area (Å²) < 4.78 is 5.44. The second-order valence-corrected chi connectivity index (χ2v) is 4.07. The highest BCUT2D eigenvalue weighted by Gasteiger charge is 2.30. The number of aryl methyl sites for hydroxylation is 1. The summed E-state index contributed by atoms with van der Waals surface area (Å²) in [6.07, 6.45) is 2.98. The van der Waals surface area contributed by atoms with Crippen molar-refractivity contribution in [2.75, 3.05) is 0 Å². The Morgan fingerprint density at radius 2 is 2.31 bits per heavy atom. The van der Waals surface area contributed by atoms with Gasteiger partial charge in [-0.05, 0) is 25.3 Å². The number of pyridine rings is 1. The van der Waals surface area contributed by atoms with Gasteiger partial charge in [0.1, 0.15) is 6.10 Å². The maximum atomic E-state index is 10.8. The molecule has 86 valence electrons. The van der Waals surface area contributed by atoms with Crippen LogP contribution in [0.25, 0.3) is 0 Å². The fourth-order valence-corrected chi connectivity index (χ4v) is 1.62. The molecule has 0 bridgehead atoms. The van der Waals surface area contributed by atoms with Crippen LogP contribution in [0.5, 0.6) is 5.88 Å². The Morgan fingerprint density at radius 1 is 1.62 bits per heavy atom. The summed E-state index contributed by atoms with van der Waals surface area (Å²) in [5, 5.41) is 10.8. The molecule has 0 spiro atoms. The molecule has 1 fully saturated rings. The maximum Gasteiger partial charge on any atom is 0.331 e. The van der Waals surface area contributed by atoms with Gasteiger partial charge in [0.2, 0.25) is 0 Å². The largest absolute Gasteiger partial charge is 0.469 e. The summed E-state index contributed by atoms with van der Waals surface area (Å²) in [7, 11) is 0. The SMILES string of the molecule is Cc1cnc(OC2CC(N)C2)c([N+](=O)[O-])c1. The van der Waals surface area contributed by atoms with Crippen LogP contribution < -0.4 is 10.5 Å². The number of nitrogens with zero attached hydrogens (tertiary/aromatic N) is 2. The summed E-state index contributed by atoms with van der Waals surface area (Å²) in [6.45, 7) is 1.75. The molecule has 0 aliphatic heterocycles. The topological polar surface area (TPSA) is 91.3 Å². The van der Waals surface area contributed by atoms with Crippen LogP contribution in [0.2, 0.25) is 0 Å². The molecule has 6 nitrogen and oxygen atoms in total. The first kappa shape index (κ1) is 10.8. The molecule has 0 aromatic carbocycles. The Kier molecular flexibility index (Phi) is 2.74. The number of nitrogens with two attached hydrogens (primary N) is 1. The van der Waals surface area contributed by atoms with Gasteiger partial charge in [0.25, 0.3) is 5.88 Å². The third-order valence-electron chi connectivity index (χ3n) is 2.58. The molecular weight excluding hydrogens is 210 g/mol. The molecule has 6 heteroatoms. The Bertz CT molecular complexity index is 416. The van der Waals surface area contributed by atoms with Crippen LogP contribution in [0.1, 0.15) is 18.4 Å². The van der Waals surface area contributed by atoms with Gasteiger partial charge in [0.15, 0.2) is 0 Å². The quantitative estimate of drug-likeness (QED) is 0.613. The van der Waals surface area contributed by atoms with Crippen molar-refractivity contribution < 1.29 is 9.66 Å². The number of nitro groups is 1. The number of ether oxygens (including phenoxy) is 1. The van der Waals surface area contributed by atoms with E-state index in [1.807, 2.05) is 0 Å². The second kappa shape index (κ2) is 4.05. The zero-order valence-electron chi connectivity index (χ0n) is 8.92. The lowest BCUT2D eigenvalue weighted by Crippen LogP contribution is -2.43. The Morgan fingerprint density at radius 3 is 2.88 bits per heavy atom. The minimum Gasteiger partial charge on any atom is -0.469 e. The highest BCUT2D eigenvalue weighted by molar-refractivity contribution is 5.42. The van der Waals surface area contributed by atoms with Crippen LogP contribution in [-0.2, 0) is 0 Å². The van der Waals surface area contributed by atoms with Gasteiger partial charge in [-0.15, -0.1) is 0 Å². The summed E-state index contributed by atoms with van der Waals surface area (Å²) >= 11 is 0. The maximum absolute atomic E-state index is 10.8. The lowest BCUT2D eigenvalue weighted by atomic mass is 9.90. The van der Waals surface area contributed by atoms with Gasteiger partial charge in [-0.2, -0.15) is 0 Å². The fraction of sp³-hybridized carbons (Fsp3) is 0.500. The van der Waals surface area contributed by atoms with Gasteiger partial charge in [0, 0.05) is 18.3 Å². The molecule has 0 saturated heterocycles. The fourth-order valence-electron chi connectivity index (χ4n) is 1.62. The Hall–Kier alpha value is -1.69. The van der Waals surface area contributed by atoms with Crippen molar-refractivity contribution in [3.05, 3.63) is 27.9 Å². The lowest BCUT2D eigenvalue weighted by Gasteiger charge is -2.31.